The van der Waals surface area contributed by atoms with Crippen molar-refractivity contribution in [2.75, 3.05) is 32.5 Å². The van der Waals surface area contributed by atoms with Crippen LogP contribution in [0, 0.1) is 25.5 Å². The Balaban J connectivity index is 2.15. The minimum Gasteiger partial charge on any atom is -0.345 e. The van der Waals surface area contributed by atoms with E-state index in [0.29, 0.717) is 18.2 Å². The van der Waals surface area contributed by atoms with E-state index < -0.39 is 11.6 Å². The first-order valence-corrected chi connectivity index (χ1v) is 9.89. The third-order valence-electron chi connectivity index (χ3n) is 4.42. The van der Waals surface area contributed by atoms with Crippen molar-refractivity contribution in [3.8, 4) is 0 Å². The van der Waals surface area contributed by atoms with Gasteiger partial charge in [0, 0.05) is 13.1 Å². The zero-order chi connectivity index (χ0) is 20.7. The number of para-hydroxylation sites is 1. The van der Waals surface area contributed by atoms with Gasteiger partial charge in [-0.1, -0.05) is 35.4 Å². The van der Waals surface area contributed by atoms with Crippen molar-refractivity contribution in [2.45, 2.75) is 33.2 Å². The molecule has 0 bridgehead atoms. The standard InChI is InChI=1S/C22H29F2N3S/c1-16-12-17(2)14-18(13-16)15-27(11-6-5-10-26(3)4)22(28)25-21-19(23)8-7-9-20(21)24/h7-9,12-14H,5-6,10-11,15H2,1-4H3,(H,25,28). The van der Waals surface area contributed by atoms with E-state index in [2.05, 4.69) is 42.3 Å². The fourth-order valence-corrected chi connectivity index (χ4v) is 3.42. The van der Waals surface area contributed by atoms with Gasteiger partial charge < -0.3 is 15.1 Å². The molecule has 1 N–H and O–H groups in total. The van der Waals surface area contributed by atoms with E-state index >= 15 is 0 Å². The van der Waals surface area contributed by atoms with Crippen LogP contribution in [0.15, 0.2) is 36.4 Å². The molecule has 0 fully saturated rings. The maximum atomic E-state index is 14.0. The maximum absolute atomic E-state index is 14.0. The van der Waals surface area contributed by atoms with Crippen molar-refractivity contribution in [3.63, 3.8) is 0 Å². The molecule has 2 aromatic rings. The molecule has 152 valence electrons. The molecule has 0 heterocycles. The summed E-state index contributed by atoms with van der Waals surface area (Å²) in [5.74, 6) is -1.30. The lowest BCUT2D eigenvalue weighted by Crippen LogP contribution is -2.36. The van der Waals surface area contributed by atoms with Gasteiger partial charge in [0.25, 0.3) is 0 Å². The Hall–Kier alpha value is -2.05. The minimum absolute atomic E-state index is 0.203. The number of hydrogen-bond acceptors (Lipinski definition) is 2. The van der Waals surface area contributed by atoms with Crippen LogP contribution in [0.4, 0.5) is 14.5 Å². The summed E-state index contributed by atoms with van der Waals surface area (Å²) >= 11 is 5.51. The van der Waals surface area contributed by atoms with Crippen LogP contribution in [0.3, 0.4) is 0 Å². The third-order valence-corrected chi connectivity index (χ3v) is 4.78. The zero-order valence-corrected chi connectivity index (χ0v) is 17.9. The summed E-state index contributed by atoms with van der Waals surface area (Å²) in [6, 6.07) is 10.1. The fraction of sp³-hybridized carbons (Fsp3) is 0.409. The minimum atomic E-state index is -0.652. The van der Waals surface area contributed by atoms with Gasteiger partial charge in [-0.05, 0) is 77.2 Å². The summed E-state index contributed by atoms with van der Waals surface area (Å²) in [4.78, 5) is 4.12. The second kappa shape index (κ2) is 10.5. The van der Waals surface area contributed by atoms with Crippen molar-refractivity contribution >= 4 is 23.0 Å². The molecule has 3 nitrogen and oxygen atoms in total. The van der Waals surface area contributed by atoms with Gasteiger partial charge in [0.05, 0.1) is 0 Å². The highest BCUT2D eigenvalue weighted by Crippen LogP contribution is 2.20. The van der Waals surface area contributed by atoms with E-state index in [9.17, 15) is 8.78 Å². The topological polar surface area (TPSA) is 18.5 Å². The van der Waals surface area contributed by atoms with Crippen molar-refractivity contribution in [2.24, 2.45) is 0 Å². The normalized spacial score (nSPS) is 11.0. The third kappa shape index (κ3) is 6.84. The van der Waals surface area contributed by atoms with Gasteiger partial charge in [0.2, 0.25) is 0 Å². The summed E-state index contributed by atoms with van der Waals surface area (Å²) in [6.07, 6.45) is 1.96. The van der Waals surface area contributed by atoms with Crippen molar-refractivity contribution in [1.82, 2.24) is 9.80 Å². The Morgan fingerprint density at radius 3 is 2.11 bits per heavy atom. The van der Waals surface area contributed by atoms with Crippen LogP contribution in [0.2, 0.25) is 0 Å². The second-order valence-corrected chi connectivity index (χ2v) is 7.84. The molecular weight excluding hydrogens is 376 g/mol. The number of nitrogens with zero attached hydrogens (tertiary/aromatic N) is 2. The molecule has 0 spiro atoms. The largest absolute Gasteiger partial charge is 0.345 e. The Morgan fingerprint density at radius 2 is 1.54 bits per heavy atom. The number of unbranched alkanes of at least 4 members (excludes halogenated alkanes) is 1. The van der Waals surface area contributed by atoms with Crippen molar-refractivity contribution < 1.29 is 8.78 Å². The SMILES string of the molecule is Cc1cc(C)cc(CN(CCCCN(C)C)C(=S)Nc2c(F)cccc2F)c1. The Morgan fingerprint density at radius 1 is 0.964 bits per heavy atom. The molecular formula is C22H29F2N3S. The average Bonchev–Trinajstić information content (AvgIpc) is 2.59. The lowest BCUT2D eigenvalue weighted by molar-refractivity contribution is 0.359. The molecule has 0 saturated carbocycles. The Kier molecular flexibility index (Phi) is 8.33. The van der Waals surface area contributed by atoms with Gasteiger partial charge >= 0.3 is 0 Å². The molecule has 6 heteroatoms. The summed E-state index contributed by atoms with van der Waals surface area (Å²) in [7, 11) is 4.08. The number of benzene rings is 2. The number of anilines is 1. The molecule has 0 aliphatic rings. The van der Waals surface area contributed by atoms with E-state index in [0.717, 1.165) is 24.9 Å². The first kappa shape index (κ1) is 22.2. The van der Waals surface area contributed by atoms with E-state index in [1.165, 1.54) is 29.3 Å². The Bertz CT molecular complexity index is 768. The quantitative estimate of drug-likeness (QED) is 0.485. The van der Waals surface area contributed by atoms with Gasteiger partial charge in [-0.15, -0.1) is 0 Å². The molecule has 2 aromatic carbocycles. The molecule has 0 saturated heterocycles. The molecule has 0 amide bonds. The highest BCUT2D eigenvalue weighted by molar-refractivity contribution is 7.80. The van der Waals surface area contributed by atoms with Crippen LogP contribution >= 0.6 is 12.2 Å². The number of nitrogens with one attached hydrogen (secondary N) is 1. The number of halogens is 2. The summed E-state index contributed by atoms with van der Waals surface area (Å²) in [6.45, 7) is 6.40. The van der Waals surface area contributed by atoms with Crippen molar-refractivity contribution in [1.29, 1.82) is 0 Å². The van der Waals surface area contributed by atoms with Crippen LogP contribution in [0.5, 0.6) is 0 Å². The molecule has 28 heavy (non-hydrogen) atoms. The molecule has 0 atom stereocenters. The van der Waals surface area contributed by atoms with Gasteiger partial charge in [0.15, 0.2) is 5.11 Å². The van der Waals surface area contributed by atoms with Crippen LogP contribution in [-0.2, 0) is 6.54 Å². The molecule has 0 aliphatic heterocycles. The summed E-state index contributed by atoms with van der Waals surface area (Å²) in [5, 5.41) is 3.10. The predicted octanol–water partition coefficient (Wildman–Crippen LogP) is 5.12. The van der Waals surface area contributed by atoms with Gasteiger partial charge in [-0.25, -0.2) is 8.78 Å². The van der Waals surface area contributed by atoms with Gasteiger partial charge in [-0.2, -0.15) is 0 Å². The lowest BCUT2D eigenvalue weighted by atomic mass is 10.1. The van der Waals surface area contributed by atoms with Crippen molar-refractivity contribution in [3.05, 3.63) is 64.7 Å². The monoisotopic (exact) mass is 405 g/mol. The van der Waals surface area contributed by atoms with Crippen LogP contribution < -0.4 is 5.32 Å². The number of rotatable bonds is 8. The van der Waals surface area contributed by atoms with Gasteiger partial charge in [-0.3, -0.25) is 0 Å². The second-order valence-electron chi connectivity index (χ2n) is 7.45. The van der Waals surface area contributed by atoms with E-state index in [1.807, 2.05) is 19.0 Å². The molecule has 0 unspecified atom stereocenters. The number of aryl methyl sites for hydroxylation is 2. The highest BCUT2D eigenvalue weighted by atomic mass is 32.1. The lowest BCUT2D eigenvalue weighted by Gasteiger charge is -2.27. The smallest absolute Gasteiger partial charge is 0.173 e. The van der Waals surface area contributed by atoms with E-state index in [-0.39, 0.29) is 5.69 Å². The molecule has 2 rings (SSSR count). The van der Waals surface area contributed by atoms with Gasteiger partial charge in [0.1, 0.15) is 17.3 Å². The molecule has 0 aromatic heterocycles. The fourth-order valence-electron chi connectivity index (χ4n) is 3.17. The number of hydrogen-bond donors (Lipinski definition) is 1. The first-order valence-electron chi connectivity index (χ1n) is 9.48. The van der Waals surface area contributed by atoms with Crippen LogP contribution in [-0.4, -0.2) is 42.1 Å². The summed E-state index contributed by atoms with van der Waals surface area (Å²) < 4.78 is 28.0. The predicted molar refractivity (Wildman–Crippen MR) is 117 cm³/mol. The average molecular weight is 406 g/mol. The zero-order valence-electron chi connectivity index (χ0n) is 17.1. The molecule has 0 aliphatic carbocycles. The Labute approximate surface area is 172 Å². The maximum Gasteiger partial charge on any atom is 0.173 e. The molecule has 0 radical (unpaired) electrons. The first-order chi connectivity index (χ1) is 13.3. The van der Waals surface area contributed by atoms with Crippen LogP contribution in [0.1, 0.15) is 29.5 Å². The highest BCUT2D eigenvalue weighted by Gasteiger charge is 2.15. The summed E-state index contributed by atoms with van der Waals surface area (Å²) in [5.41, 5.74) is 3.29. The van der Waals surface area contributed by atoms with E-state index in [1.54, 1.807) is 0 Å². The number of thiocarbonyl (C=S) groups is 1. The van der Waals surface area contributed by atoms with E-state index in [4.69, 9.17) is 12.2 Å². The van der Waals surface area contributed by atoms with Crippen LogP contribution in [0.25, 0.3) is 0 Å².